The zero-order chi connectivity index (χ0) is 18.6. The van der Waals surface area contributed by atoms with Crippen molar-refractivity contribution in [3.8, 4) is 5.75 Å². The Labute approximate surface area is 163 Å². The highest BCUT2D eigenvalue weighted by Gasteiger charge is 2.29. The zero-order valence-corrected chi connectivity index (χ0v) is 16.4. The number of hydrogen-bond donors (Lipinski definition) is 2. The van der Waals surface area contributed by atoms with Crippen LogP contribution in [0.5, 0.6) is 5.75 Å². The Hall–Kier alpha value is -2.37. The lowest BCUT2D eigenvalue weighted by atomic mass is 10.1. The number of fused-ring (bicyclic) bond motifs is 1. The summed E-state index contributed by atoms with van der Waals surface area (Å²) in [7, 11) is 1.61. The first kappa shape index (κ1) is 18.0. The fourth-order valence-electron chi connectivity index (χ4n) is 3.97. The summed E-state index contributed by atoms with van der Waals surface area (Å²) < 4.78 is 5.49. The van der Waals surface area contributed by atoms with E-state index in [1.807, 2.05) is 36.4 Å². The maximum Gasteiger partial charge on any atom is 0.255 e. The molecule has 0 radical (unpaired) electrons. The minimum Gasteiger partial charge on any atom is -0.496 e. The molecule has 4 rings (SSSR count). The largest absolute Gasteiger partial charge is 0.496 e. The Balaban J connectivity index is 1.55. The van der Waals surface area contributed by atoms with E-state index in [2.05, 4.69) is 22.8 Å². The molecule has 2 heterocycles. The monoisotopic (exact) mass is 381 g/mol. The average molecular weight is 382 g/mol. The van der Waals surface area contributed by atoms with E-state index in [0.29, 0.717) is 23.9 Å². The average Bonchev–Trinajstić information content (AvgIpc) is 3.41. The van der Waals surface area contributed by atoms with E-state index in [0.717, 1.165) is 10.8 Å². The topological polar surface area (TPSA) is 42.8 Å². The van der Waals surface area contributed by atoms with Crippen LogP contribution >= 0.6 is 11.3 Å². The van der Waals surface area contributed by atoms with Crippen LogP contribution in [0.3, 0.4) is 0 Å². The summed E-state index contributed by atoms with van der Waals surface area (Å²) in [6, 6.07) is 16.5. The van der Waals surface area contributed by atoms with Gasteiger partial charge in [0.2, 0.25) is 0 Å². The molecule has 0 aliphatic carbocycles. The number of likely N-dealkylation sites (tertiary alicyclic amines) is 1. The first-order valence-electron chi connectivity index (χ1n) is 9.49. The minimum absolute atomic E-state index is 0.0715. The number of carbonyl (C=O) groups excluding carboxylic acids is 1. The Kier molecular flexibility index (Phi) is 5.41. The van der Waals surface area contributed by atoms with Gasteiger partial charge in [0, 0.05) is 12.8 Å². The second kappa shape index (κ2) is 8.11. The molecule has 1 aromatic heterocycles. The van der Waals surface area contributed by atoms with Crippen LogP contribution in [0.1, 0.15) is 34.1 Å². The molecule has 1 amide bonds. The van der Waals surface area contributed by atoms with Crippen molar-refractivity contribution in [2.24, 2.45) is 0 Å². The third-order valence-electron chi connectivity index (χ3n) is 5.40. The van der Waals surface area contributed by atoms with E-state index >= 15 is 0 Å². The number of rotatable bonds is 6. The number of benzene rings is 2. The number of nitrogens with one attached hydrogen (secondary N) is 2. The van der Waals surface area contributed by atoms with Gasteiger partial charge in [-0.25, -0.2) is 0 Å². The molecule has 1 aliphatic heterocycles. The molecular weight excluding hydrogens is 356 g/mol. The van der Waals surface area contributed by atoms with Gasteiger partial charge < -0.3 is 15.0 Å². The molecule has 3 aromatic rings. The Morgan fingerprint density at radius 2 is 1.89 bits per heavy atom. The normalized spacial score (nSPS) is 15.7. The van der Waals surface area contributed by atoms with Crippen molar-refractivity contribution in [2.45, 2.75) is 18.9 Å². The zero-order valence-electron chi connectivity index (χ0n) is 15.5. The lowest BCUT2D eigenvalue weighted by Gasteiger charge is -2.24. The van der Waals surface area contributed by atoms with E-state index in [1.165, 1.54) is 30.8 Å². The number of quaternary nitrogens is 1. The van der Waals surface area contributed by atoms with E-state index in [-0.39, 0.29) is 5.91 Å². The molecule has 1 aliphatic rings. The molecule has 2 N–H and O–H groups in total. The molecule has 0 unspecified atom stereocenters. The maximum atomic E-state index is 13.0. The molecule has 5 heteroatoms. The minimum atomic E-state index is -0.0715. The molecule has 0 bridgehead atoms. The maximum absolute atomic E-state index is 13.0. The predicted octanol–water partition coefficient (Wildman–Crippen LogP) is 3.06. The number of ether oxygens (including phenoxy) is 1. The van der Waals surface area contributed by atoms with Gasteiger partial charge in [0.25, 0.3) is 5.91 Å². The van der Waals surface area contributed by atoms with Crippen LogP contribution in [0.4, 0.5) is 0 Å². The summed E-state index contributed by atoms with van der Waals surface area (Å²) in [5, 5.41) is 7.41. The SMILES string of the molecule is COc1cc2ccccc2cc1C(=O)NC[C@H](c1cccs1)[NH+]1CCCC1. The summed E-state index contributed by atoms with van der Waals surface area (Å²) in [4.78, 5) is 15.9. The molecule has 4 nitrogen and oxygen atoms in total. The van der Waals surface area contributed by atoms with Gasteiger partial charge in [0.15, 0.2) is 0 Å². The predicted molar refractivity (Wildman–Crippen MR) is 110 cm³/mol. The van der Waals surface area contributed by atoms with Gasteiger partial charge in [0.05, 0.1) is 37.2 Å². The van der Waals surface area contributed by atoms with Crippen LogP contribution in [-0.4, -0.2) is 32.7 Å². The quantitative estimate of drug-likeness (QED) is 0.689. The van der Waals surface area contributed by atoms with Crippen molar-refractivity contribution in [1.82, 2.24) is 5.32 Å². The van der Waals surface area contributed by atoms with Gasteiger partial charge in [0.1, 0.15) is 11.8 Å². The Bertz CT molecular complexity index is 917. The highest BCUT2D eigenvalue weighted by atomic mass is 32.1. The summed E-state index contributed by atoms with van der Waals surface area (Å²) in [5.74, 6) is 0.546. The summed E-state index contributed by atoms with van der Waals surface area (Å²) in [6.45, 7) is 3.00. The Morgan fingerprint density at radius 3 is 2.56 bits per heavy atom. The van der Waals surface area contributed by atoms with Crippen molar-refractivity contribution in [3.63, 3.8) is 0 Å². The standard InChI is InChI=1S/C22H24N2O2S/c1-26-20-14-17-8-3-2-7-16(17)13-18(20)22(25)23-15-19(21-9-6-12-27-21)24-10-4-5-11-24/h2-3,6-9,12-14,19H,4-5,10-11,15H2,1H3,(H,23,25)/p+1/t19-/m1/s1. The fourth-order valence-corrected chi connectivity index (χ4v) is 4.85. The van der Waals surface area contributed by atoms with E-state index in [4.69, 9.17) is 4.74 Å². The highest BCUT2D eigenvalue weighted by molar-refractivity contribution is 7.10. The van der Waals surface area contributed by atoms with Crippen molar-refractivity contribution < 1.29 is 14.4 Å². The number of carbonyl (C=O) groups is 1. The molecule has 1 saturated heterocycles. The number of thiophene rings is 1. The van der Waals surface area contributed by atoms with Crippen molar-refractivity contribution >= 4 is 28.0 Å². The molecule has 0 saturated carbocycles. The lowest BCUT2D eigenvalue weighted by molar-refractivity contribution is -0.918. The van der Waals surface area contributed by atoms with Crippen LogP contribution in [0.2, 0.25) is 0 Å². The molecular formula is C22H25N2O2S+. The summed E-state index contributed by atoms with van der Waals surface area (Å²) in [6.07, 6.45) is 2.54. The van der Waals surface area contributed by atoms with Crippen LogP contribution in [-0.2, 0) is 0 Å². The van der Waals surface area contributed by atoms with Crippen molar-refractivity contribution in [3.05, 3.63) is 64.4 Å². The Morgan fingerprint density at radius 1 is 1.15 bits per heavy atom. The number of hydrogen-bond acceptors (Lipinski definition) is 3. The van der Waals surface area contributed by atoms with Gasteiger partial charge in [-0.1, -0.05) is 30.3 Å². The van der Waals surface area contributed by atoms with Crippen molar-refractivity contribution in [2.75, 3.05) is 26.7 Å². The van der Waals surface area contributed by atoms with Gasteiger partial charge >= 0.3 is 0 Å². The van der Waals surface area contributed by atoms with Gasteiger partial charge in [-0.15, -0.1) is 11.3 Å². The first-order chi connectivity index (χ1) is 13.3. The van der Waals surface area contributed by atoms with E-state index in [1.54, 1.807) is 23.3 Å². The second-order valence-electron chi connectivity index (χ2n) is 7.04. The van der Waals surface area contributed by atoms with E-state index < -0.39 is 0 Å². The number of methoxy groups -OCH3 is 1. The van der Waals surface area contributed by atoms with Crippen molar-refractivity contribution in [1.29, 1.82) is 0 Å². The highest BCUT2D eigenvalue weighted by Crippen LogP contribution is 2.26. The van der Waals surface area contributed by atoms with Gasteiger partial charge in [-0.3, -0.25) is 4.79 Å². The fraction of sp³-hybridized carbons (Fsp3) is 0.318. The molecule has 2 aromatic carbocycles. The molecule has 27 heavy (non-hydrogen) atoms. The second-order valence-corrected chi connectivity index (χ2v) is 8.02. The van der Waals surface area contributed by atoms with Gasteiger partial charge in [-0.05, 0) is 34.4 Å². The molecule has 0 spiro atoms. The first-order valence-corrected chi connectivity index (χ1v) is 10.4. The summed E-state index contributed by atoms with van der Waals surface area (Å²) >= 11 is 1.78. The molecule has 1 fully saturated rings. The van der Waals surface area contributed by atoms with Crippen LogP contribution in [0.25, 0.3) is 10.8 Å². The van der Waals surface area contributed by atoms with Gasteiger partial charge in [-0.2, -0.15) is 0 Å². The molecule has 140 valence electrons. The van der Waals surface area contributed by atoms with Crippen LogP contribution in [0.15, 0.2) is 53.9 Å². The van der Waals surface area contributed by atoms with Crippen LogP contribution in [0, 0.1) is 0 Å². The summed E-state index contributed by atoms with van der Waals surface area (Å²) in [5.41, 5.74) is 0.595. The third-order valence-corrected chi connectivity index (χ3v) is 6.39. The molecule has 1 atom stereocenters. The smallest absolute Gasteiger partial charge is 0.255 e. The third kappa shape index (κ3) is 3.84. The van der Waals surface area contributed by atoms with Crippen LogP contribution < -0.4 is 15.0 Å². The lowest BCUT2D eigenvalue weighted by Crippen LogP contribution is -3.11. The number of amides is 1. The van der Waals surface area contributed by atoms with E-state index in [9.17, 15) is 4.79 Å².